The Balaban J connectivity index is 0.00000243. The Labute approximate surface area is 164 Å². The third-order valence-corrected chi connectivity index (χ3v) is 5.71. The molecule has 5 heteroatoms. The summed E-state index contributed by atoms with van der Waals surface area (Å²) in [5.41, 5.74) is 2.38. The summed E-state index contributed by atoms with van der Waals surface area (Å²) in [7, 11) is 0. The zero-order chi connectivity index (χ0) is 17.5. The summed E-state index contributed by atoms with van der Waals surface area (Å²) in [4.78, 5) is 17.8. The molecule has 26 heavy (non-hydrogen) atoms. The maximum atomic E-state index is 13.1. The molecule has 2 saturated heterocycles. The Kier molecular flexibility index (Phi) is 8.89. The number of nitrogens with one attached hydrogen (secondary N) is 1. The van der Waals surface area contributed by atoms with Crippen molar-refractivity contribution in [3.63, 3.8) is 0 Å². The van der Waals surface area contributed by atoms with E-state index in [9.17, 15) is 4.79 Å². The van der Waals surface area contributed by atoms with Gasteiger partial charge in [0.15, 0.2) is 0 Å². The van der Waals surface area contributed by atoms with Crippen molar-refractivity contribution >= 4 is 18.3 Å². The lowest BCUT2D eigenvalue weighted by molar-refractivity contribution is -0.133. The molecule has 2 aliphatic rings. The highest BCUT2D eigenvalue weighted by atomic mass is 35.5. The normalized spacial score (nSPS) is 20.6. The summed E-state index contributed by atoms with van der Waals surface area (Å²) in [6.45, 7) is 8.64. The molecule has 1 N–H and O–H groups in total. The highest BCUT2D eigenvalue weighted by Crippen LogP contribution is 2.16. The fourth-order valence-corrected chi connectivity index (χ4v) is 4.15. The van der Waals surface area contributed by atoms with Gasteiger partial charge in [-0.3, -0.25) is 4.79 Å². The molecular formula is C21H34ClN3O. The van der Waals surface area contributed by atoms with Gasteiger partial charge in [-0.2, -0.15) is 0 Å². The van der Waals surface area contributed by atoms with E-state index >= 15 is 0 Å². The molecule has 1 aromatic rings. The van der Waals surface area contributed by atoms with Crippen LogP contribution in [0, 0.1) is 6.92 Å². The topological polar surface area (TPSA) is 35.6 Å². The van der Waals surface area contributed by atoms with E-state index in [4.69, 9.17) is 0 Å². The molecule has 0 bridgehead atoms. The molecule has 4 nitrogen and oxygen atoms in total. The van der Waals surface area contributed by atoms with E-state index in [1.54, 1.807) is 0 Å². The Morgan fingerprint density at radius 3 is 2.69 bits per heavy atom. The number of halogens is 1. The third-order valence-electron chi connectivity index (χ3n) is 5.71. The van der Waals surface area contributed by atoms with Crippen LogP contribution in [-0.2, 0) is 11.2 Å². The number of aryl methyl sites for hydroxylation is 1. The summed E-state index contributed by atoms with van der Waals surface area (Å²) in [6.07, 6.45) is 6.61. The predicted molar refractivity (Wildman–Crippen MR) is 110 cm³/mol. The molecule has 0 aromatic heterocycles. The Morgan fingerprint density at radius 1 is 1.23 bits per heavy atom. The minimum Gasteiger partial charge on any atom is -0.338 e. The Bertz CT molecular complexity index is 554. The second-order valence-electron chi connectivity index (χ2n) is 7.59. The molecule has 0 radical (unpaired) electrons. The van der Waals surface area contributed by atoms with E-state index < -0.39 is 0 Å². The second kappa shape index (κ2) is 10.9. The molecule has 2 fully saturated rings. The van der Waals surface area contributed by atoms with Gasteiger partial charge in [0.05, 0.1) is 6.42 Å². The van der Waals surface area contributed by atoms with Crippen LogP contribution in [0.3, 0.4) is 0 Å². The summed E-state index contributed by atoms with van der Waals surface area (Å²) in [5.74, 6) is 0.296. The highest BCUT2D eigenvalue weighted by Gasteiger charge is 2.25. The average molecular weight is 380 g/mol. The van der Waals surface area contributed by atoms with E-state index in [0.29, 0.717) is 18.4 Å². The predicted octanol–water partition coefficient (Wildman–Crippen LogP) is 3.03. The van der Waals surface area contributed by atoms with E-state index in [1.165, 1.54) is 43.5 Å². The minimum atomic E-state index is 0. The van der Waals surface area contributed by atoms with Gasteiger partial charge in [0.25, 0.3) is 0 Å². The fraction of sp³-hybridized carbons (Fsp3) is 0.667. The number of benzene rings is 1. The van der Waals surface area contributed by atoms with Crippen LogP contribution in [-0.4, -0.2) is 61.0 Å². The maximum absolute atomic E-state index is 13.1. The van der Waals surface area contributed by atoms with Gasteiger partial charge in [-0.25, -0.2) is 0 Å². The number of piperidine rings is 1. The van der Waals surface area contributed by atoms with Crippen LogP contribution in [0.15, 0.2) is 24.3 Å². The monoisotopic (exact) mass is 379 g/mol. The Morgan fingerprint density at radius 2 is 2.00 bits per heavy atom. The molecule has 2 aliphatic heterocycles. The number of nitrogens with zero attached hydrogens (tertiary/aromatic N) is 2. The SMILES string of the molecule is Cc1ccccc1CC(=O)N(CCCN1CCCC1)C1CCCNC1.Cl. The van der Waals surface area contributed by atoms with Gasteiger partial charge in [0.2, 0.25) is 5.91 Å². The van der Waals surface area contributed by atoms with Crippen LogP contribution in [0.25, 0.3) is 0 Å². The van der Waals surface area contributed by atoms with Crippen molar-refractivity contribution in [1.82, 2.24) is 15.1 Å². The molecule has 1 unspecified atom stereocenters. The smallest absolute Gasteiger partial charge is 0.227 e. The van der Waals surface area contributed by atoms with Crippen LogP contribution in [0.1, 0.15) is 43.2 Å². The first-order valence-corrected chi connectivity index (χ1v) is 10.0. The van der Waals surface area contributed by atoms with Gasteiger partial charge < -0.3 is 15.1 Å². The number of hydrogen-bond donors (Lipinski definition) is 1. The van der Waals surface area contributed by atoms with Gasteiger partial charge in [-0.15, -0.1) is 12.4 Å². The van der Waals surface area contributed by atoms with E-state index in [1.807, 2.05) is 12.1 Å². The highest BCUT2D eigenvalue weighted by molar-refractivity contribution is 5.85. The molecule has 1 atom stereocenters. The summed E-state index contributed by atoms with van der Waals surface area (Å²) < 4.78 is 0. The maximum Gasteiger partial charge on any atom is 0.227 e. The third kappa shape index (κ3) is 5.97. The largest absolute Gasteiger partial charge is 0.338 e. The number of likely N-dealkylation sites (tertiary alicyclic amines) is 1. The van der Waals surface area contributed by atoms with Crippen molar-refractivity contribution < 1.29 is 4.79 Å². The fourth-order valence-electron chi connectivity index (χ4n) is 4.15. The first kappa shape index (κ1) is 21.2. The van der Waals surface area contributed by atoms with Gasteiger partial charge in [0.1, 0.15) is 0 Å². The zero-order valence-electron chi connectivity index (χ0n) is 16.1. The molecule has 0 spiro atoms. The van der Waals surface area contributed by atoms with Crippen molar-refractivity contribution in [2.75, 3.05) is 39.3 Å². The number of hydrogen-bond acceptors (Lipinski definition) is 3. The molecule has 2 heterocycles. The zero-order valence-corrected chi connectivity index (χ0v) is 16.9. The van der Waals surface area contributed by atoms with Gasteiger partial charge >= 0.3 is 0 Å². The number of amides is 1. The first-order valence-electron chi connectivity index (χ1n) is 10.0. The van der Waals surface area contributed by atoms with Crippen LogP contribution >= 0.6 is 12.4 Å². The van der Waals surface area contributed by atoms with Gasteiger partial charge in [0, 0.05) is 19.1 Å². The molecule has 3 rings (SSSR count). The lowest BCUT2D eigenvalue weighted by Gasteiger charge is -2.35. The summed E-state index contributed by atoms with van der Waals surface area (Å²) in [6, 6.07) is 8.64. The minimum absolute atomic E-state index is 0. The van der Waals surface area contributed by atoms with Gasteiger partial charge in [-0.05, 0) is 76.3 Å². The quantitative estimate of drug-likeness (QED) is 0.790. The van der Waals surface area contributed by atoms with Crippen molar-refractivity contribution in [2.24, 2.45) is 0 Å². The van der Waals surface area contributed by atoms with Gasteiger partial charge in [-0.1, -0.05) is 24.3 Å². The standard InChI is InChI=1S/C21H33N3O.ClH/c1-18-8-2-3-9-19(18)16-21(25)24(20-10-6-11-22-17-20)15-7-14-23-12-4-5-13-23;/h2-3,8-9,20,22H,4-7,10-17H2,1H3;1H. The Hall–Kier alpha value is -1.10. The average Bonchev–Trinajstić information content (AvgIpc) is 3.15. The van der Waals surface area contributed by atoms with Crippen molar-refractivity contribution in [3.05, 3.63) is 35.4 Å². The number of rotatable bonds is 7. The molecule has 0 aliphatic carbocycles. The number of carbonyl (C=O) groups is 1. The lowest BCUT2D eigenvalue weighted by atomic mass is 10.0. The first-order chi connectivity index (χ1) is 12.2. The van der Waals surface area contributed by atoms with E-state index in [2.05, 4.69) is 34.2 Å². The summed E-state index contributed by atoms with van der Waals surface area (Å²) in [5, 5.41) is 3.47. The van der Waals surface area contributed by atoms with Crippen LogP contribution in [0.4, 0.5) is 0 Å². The second-order valence-corrected chi connectivity index (χ2v) is 7.59. The van der Waals surface area contributed by atoms with Crippen molar-refractivity contribution in [2.45, 2.75) is 51.5 Å². The van der Waals surface area contributed by atoms with Crippen LogP contribution < -0.4 is 5.32 Å². The number of carbonyl (C=O) groups excluding carboxylic acids is 1. The van der Waals surface area contributed by atoms with Crippen LogP contribution in [0.2, 0.25) is 0 Å². The lowest BCUT2D eigenvalue weighted by Crippen LogP contribution is -2.50. The van der Waals surface area contributed by atoms with E-state index in [0.717, 1.165) is 39.0 Å². The molecule has 1 aromatic carbocycles. The molecule has 0 saturated carbocycles. The van der Waals surface area contributed by atoms with Crippen LogP contribution in [0.5, 0.6) is 0 Å². The summed E-state index contributed by atoms with van der Waals surface area (Å²) >= 11 is 0. The molecule has 1 amide bonds. The molecule has 146 valence electrons. The molecular weight excluding hydrogens is 346 g/mol. The van der Waals surface area contributed by atoms with Crippen molar-refractivity contribution in [3.8, 4) is 0 Å². The van der Waals surface area contributed by atoms with E-state index in [-0.39, 0.29) is 12.4 Å². The van der Waals surface area contributed by atoms with Crippen molar-refractivity contribution in [1.29, 1.82) is 0 Å².